The summed E-state index contributed by atoms with van der Waals surface area (Å²) >= 11 is 0. The van der Waals surface area contributed by atoms with Crippen molar-refractivity contribution in [2.75, 3.05) is 13.1 Å². The van der Waals surface area contributed by atoms with Gasteiger partial charge in [-0.15, -0.1) is 0 Å². The number of rotatable bonds is 2. The number of nitrogens with one attached hydrogen (secondary N) is 1. The third-order valence-electron chi connectivity index (χ3n) is 1.80. The molecule has 100 valence electrons. The van der Waals surface area contributed by atoms with Gasteiger partial charge in [-0.2, -0.15) is 13.2 Å². The van der Waals surface area contributed by atoms with Crippen molar-refractivity contribution in [3.63, 3.8) is 0 Å². The Balaban J connectivity index is 0.000000203. The van der Waals surface area contributed by atoms with Crippen molar-refractivity contribution in [3.05, 3.63) is 18.5 Å². The van der Waals surface area contributed by atoms with Crippen molar-refractivity contribution in [2.24, 2.45) is 0 Å². The first kappa shape index (κ1) is 14.2. The number of alkyl halides is 3. The molecule has 18 heavy (non-hydrogen) atoms. The monoisotopic (exact) mass is 265 g/mol. The lowest BCUT2D eigenvalue weighted by atomic mass is 10.2. The normalized spacial score (nSPS) is 15.1. The minimum absolute atomic E-state index is 0.261. The standard InChI is InChI=1S/C7H9N3O.C2HF3O2/c1-2-9-7(10-3-1)11-6-4-8-5-6;3-2(4,5)1(6)7/h1-3,6,8H,4-5H2;(H,6,7). The quantitative estimate of drug-likeness (QED) is 0.808. The Labute approximate surface area is 99.8 Å². The van der Waals surface area contributed by atoms with Crippen LogP contribution in [0.4, 0.5) is 13.2 Å². The molecule has 0 bridgehead atoms. The molecule has 1 fully saturated rings. The van der Waals surface area contributed by atoms with E-state index in [9.17, 15) is 13.2 Å². The molecular weight excluding hydrogens is 255 g/mol. The van der Waals surface area contributed by atoms with Crippen LogP contribution < -0.4 is 10.1 Å². The van der Waals surface area contributed by atoms with Gasteiger partial charge in [-0.1, -0.05) is 0 Å². The molecule has 6 nitrogen and oxygen atoms in total. The number of nitrogens with zero attached hydrogens (tertiary/aromatic N) is 2. The third-order valence-corrected chi connectivity index (χ3v) is 1.80. The Kier molecular flexibility index (Phi) is 4.84. The van der Waals surface area contributed by atoms with Crippen LogP contribution in [0.15, 0.2) is 18.5 Å². The van der Waals surface area contributed by atoms with Crippen LogP contribution >= 0.6 is 0 Å². The maximum atomic E-state index is 10.6. The van der Waals surface area contributed by atoms with Gasteiger partial charge in [0.15, 0.2) is 0 Å². The first-order valence-electron chi connectivity index (χ1n) is 4.84. The van der Waals surface area contributed by atoms with Crippen LogP contribution in [-0.4, -0.2) is 46.4 Å². The number of halogens is 3. The fourth-order valence-electron chi connectivity index (χ4n) is 0.841. The summed E-state index contributed by atoms with van der Waals surface area (Å²) in [5, 5.41) is 10.2. The Morgan fingerprint density at radius 3 is 2.22 bits per heavy atom. The molecule has 0 radical (unpaired) electrons. The highest BCUT2D eigenvalue weighted by molar-refractivity contribution is 5.73. The predicted molar refractivity (Wildman–Crippen MR) is 53.0 cm³/mol. The number of aromatic nitrogens is 2. The average molecular weight is 265 g/mol. The zero-order chi connectivity index (χ0) is 13.6. The van der Waals surface area contributed by atoms with Crippen molar-refractivity contribution in [3.8, 4) is 6.01 Å². The molecule has 1 aromatic heterocycles. The van der Waals surface area contributed by atoms with E-state index in [1.165, 1.54) is 0 Å². The Morgan fingerprint density at radius 1 is 1.39 bits per heavy atom. The Morgan fingerprint density at radius 2 is 1.89 bits per heavy atom. The minimum Gasteiger partial charge on any atom is -0.475 e. The van der Waals surface area contributed by atoms with Crippen molar-refractivity contribution in [2.45, 2.75) is 12.3 Å². The number of carboxylic acid groups (broad SMARTS) is 1. The van der Waals surface area contributed by atoms with E-state index in [-0.39, 0.29) is 6.10 Å². The van der Waals surface area contributed by atoms with Gasteiger partial charge < -0.3 is 15.2 Å². The van der Waals surface area contributed by atoms with Gasteiger partial charge in [-0.25, -0.2) is 14.8 Å². The molecule has 0 aliphatic carbocycles. The van der Waals surface area contributed by atoms with Gasteiger partial charge >= 0.3 is 18.2 Å². The number of hydrogen-bond acceptors (Lipinski definition) is 5. The second-order valence-electron chi connectivity index (χ2n) is 3.23. The van der Waals surface area contributed by atoms with E-state index in [4.69, 9.17) is 14.6 Å². The highest BCUT2D eigenvalue weighted by Crippen LogP contribution is 2.13. The van der Waals surface area contributed by atoms with Crippen molar-refractivity contribution < 1.29 is 27.8 Å². The second kappa shape index (κ2) is 6.15. The summed E-state index contributed by atoms with van der Waals surface area (Å²) in [6.07, 6.45) is -1.47. The molecule has 0 saturated carbocycles. The zero-order valence-electron chi connectivity index (χ0n) is 9.02. The summed E-state index contributed by atoms with van der Waals surface area (Å²) in [5.41, 5.74) is 0. The lowest BCUT2D eigenvalue weighted by Crippen LogP contribution is -2.50. The van der Waals surface area contributed by atoms with E-state index in [2.05, 4.69) is 15.3 Å². The van der Waals surface area contributed by atoms with Crippen LogP contribution in [0.2, 0.25) is 0 Å². The van der Waals surface area contributed by atoms with Gasteiger partial charge in [-0.05, 0) is 6.07 Å². The molecule has 2 rings (SSSR count). The predicted octanol–water partition coefficient (Wildman–Crippen LogP) is 0.460. The van der Waals surface area contributed by atoms with Crippen LogP contribution in [0.1, 0.15) is 0 Å². The molecule has 0 aromatic carbocycles. The lowest BCUT2D eigenvalue weighted by molar-refractivity contribution is -0.192. The molecule has 0 amide bonds. The largest absolute Gasteiger partial charge is 0.490 e. The van der Waals surface area contributed by atoms with Crippen LogP contribution in [-0.2, 0) is 4.79 Å². The second-order valence-corrected chi connectivity index (χ2v) is 3.23. The summed E-state index contributed by atoms with van der Waals surface area (Å²) < 4.78 is 37.1. The van der Waals surface area contributed by atoms with E-state index in [1.54, 1.807) is 18.5 Å². The fraction of sp³-hybridized carbons (Fsp3) is 0.444. The van der Waals surface area contributed by atoms with Crippen molar-refractivity contribution in [1.82, 2.24) is 15.3 Å². The highest BCUT2D eigenvalue weighted by Gasteiger charge is 2.38. The molecule has 1 aliphatic heterocycles. The smallest absolute Gasteiger partial charge is 0.475 e. The molecule has 2 heterocycles. The first-order chi connectivity index (χ1) is 8.39. The van der Waals surface area contributed by atoms with Gasteiger partial charge in [0.2, 0.25) is 0 Å². The molecule has 2 N–H and O–H groups in total. The van der Waals surface area contributed by atoms with Gasteiger partial charge in [0.25, 0.3) is 0 Å². The Bertz CT molecular complexity index is 382. The number of ether oxygens (including phenoxy) is 1. The molecule has 0 spiro atoms. The summed E-state index contributed by atoms with van der Waals surface area (Å²) in [7, 11) is 0. The maximum Gasteiger partial charge on any atom is 0.490 e. The Hall–Kier alpha value is -1.90. The van der Waals surface area contributed by atoms with E-state index >= 15 is 0 Å². The minimum atomic E-state index is -5.08. The first-order valence-corrected chi connectivity index (χ1v) is 4.84. The van der Waals surface area contributed by atoms with Gasteiger partial charge in [0, 0.05) is 25.5 Å². The highest BCUT2D eigenvalue weighted by atomic mass is 19.4. The fourth-order valence-corrected chi connectivity index (χ4v) is 0.841. The van der Waals surface area contributed by atoms with E-state index in [1.807, 2.05) is 0 Å². The number of aliphatic carboxylic acids is 1. The SMILES string of the molecule is O=C(O)C(F)(F)F.c1cnc(OC2CNC2)nc1. The third kappa shape index (κ3) is 4.95. The number of carboxylic acids is 1. The summed E-state index contributed by atoms with van der Waals surface area (Å²) in [5.74, 6) is -2.76. The zero-order valence-corrected chi connectivity index (χ0v) is 9.02. The van der Waals surface area contributed by atoms with Gasteiger partial charge in [0.1, 0.15) is 6.10 Å². The molecule has 0 unspecified atom stereocenters. The summed E-state index contributed by atoms with van der Waals surface area (Å²) in [4.78, 5) is 16.8. The van der Waals surface area contributed by atoms with Crippen LogP contribution in [0.3, 0.4) is 0 Å². The molecule has 9 heteroatoms. The summed E-state index contributed by atoms with van der Waals surface area (Å²) in [6, 6.07) is 2.24. The van der Waals surface area contributed by atoms with E-state index in [0.29, 0.717) is 6.01 Å². The molecule has 1 saturated heterocycles. The lowest BCUT2D eigenvalue weighted by Gasteiger charge is -2.26. The molecule has 0 atom stereocenters. The van der Waals surface area contributed by atoms with E-state index in [0.717, 1.165) is 13.1 Å². The van der Waals surface area contributed by atoms with Crippen molar-refractivity contribution >= 4 is 5.97 Å². The summed E-state index contributed by atoms with van der Waals surface area (Å²) in [6.45, 7) is 1.80. The van der Waals surface area contributed by atoms with Crippen LogP contribution in [0.25, 0.3) is 0 Å². The molecular formula is C9H10F3N3O3. The van der Waals surface area contributed by atoms with Crippen LogP contribution in [0.5, 0.6) is 6.01 Å². The van der Waals surface area contributed by atoms with Gasteiger partial charge in [0.05, 0.1) is 0 Å². The molecule has 1 aromatic rings. The van der Waals surface area contributed by atoms with Gasteiger partial charge in [-0.3, -0.25) is 0 Å². The molecule has 1 aliphatic rings. The average Bonchev–Trinajstić information content (AvgIpc) is 2.25. The number of hydrogen-bond donors (Lipinski definition) is 2. The maximum absolute atomic E-state index is 10.6. The van der Waals surface area contributed by atoms with E-state index < -0.39 is 12.1 Å². The number of carbonyl (C=O) groups is 1. The van der Waals surface area contributed by atoms with Crippen LogP contribution in [0, 0.1) is 0 Å². The topological polar surface area (TPSA) is 84.3 Å². The van der Waals surface area contributed by atoms with Crippen molar-refractivity contribution in [1.29, 1.82) is 0 Å².